The highest BCUT2D eigenvalue weighted by Crippen LogP contribution is 2.42. The fraction of sp³-hybridized carbons (Fsp3) is 0.828. The number of hydrogen-bond donors (Lipinski definition) is 0. The van der Waals surface area contributed by atoms with Gasteiger partial charge in [0.25, 0.3) is 0 Å². The number of pyridine rings is 1. The van der Waals surface area contributed by atoms with Crippen molar-refractivity contribution in [1.29, 1.82) is 0 Å². The first-order valence-electron chi connectivity index (χ1n) is 14.4. The van der Waals surface area contributed by atoms with Crippen LogP contribution in [0.25, 0.3) is 0 Å². The van der Waals surface area contributed by atoms with E-state index in [0.717, 1.165) is 12.1 Å². The van der Waals surface area contributed by atoms with Crippen LogP contribution in [0.4, 0.5) is 11.5 Å². The highest BCUT2D eigenvalue weighted by Gasteiger charge is 2.36. The van der Waals surface area contributed by atoms with Crippen molar-refractivity contribution in [3.63, 3.8) is 0 Å². The summed E-state index contributed by atoms with van der Waals surface area (Å²) in [6, 6.07) is 7.57. The number of hydrogen-bond acceptors (Lipinski definition) is 3. The van der Waals surface area contributed by atoms with Gasteiger partial charge in [-0.15, -0.1) is 0 Å². The zero-order valence-corrected chi connectivity index (χ0v) is 20.5. The van der Waals surface area contributed by atoms with Gasteiger partial charge in [0, 0.05) is 30.4 Å². The minimum Gasteiger partial charge on any atom is -0.363 e. The van der Waals surface area contributed by atoms with Crippen molar-refractivity contribution in [2.75, 3.05) is 9.80 Å². The molecular formula is C29H47N3. The Morgan fingerprint density at radius 2 is 0.875 bits per heavy atom. The molecule has 5 rings (SSSR count). The molecule has 0 radical (unpaired) electrons. The smallest absolute Gasteiger partial charge is 0.152 e. The molecule has 1 heterocycles. The van der Waals surface area contributed by atoms with Crippen molar-refractivity contribution in [2.24, 2.45) is 0 Å². The van der Waals surface area contributed by atoms with Crippen LogP contribution in [0.2, 0.25) is 0 Å². The third-order valence-corrected chi connectivity index (χ3v) is 9.16. The summed E-state index contributed by atoms with van der Waals surface area (Å²) >= 11 is 0. The largest absolute Gasteiger partial charge is 0.363 e. The summed E-state index contributed by atoms with van der Waals surface area (Å²) < 4.78 is 0. The first-order valence-corrected chi connectivity index (χ1v) is 14.4. The van der Waals surface area contributed by atoms with Gasteiger partial charge in [-0.3, -0.25) is 0 Å². The third-order valence-electron chi connectivity index (χ3n) is 9.16. The zero-order valence-electron chi connectivity index (χ0n) is 20.5. The Balaban J connectivity index is 1.52. The quantitative estimate of drug-likeness (QED) is 0.449. The van der Waals surface area contributed by atoms with Crippen LogP contribution in [0.1, 0.15) is 128 Å². The lowest BCUT2D eigenvalue weighted by Crippen LogP contribution is -2.49. The lowest BCUT2D eigenvalue weighted by atomic mass is 9.87. The van der Waals surface area contributed by atoms with E-state index in [9.17, 15) is 0 Å². The summed E-state index contributed by atoms with van der Waals surface area (Å²) in [6.45, 7) is 0. The number of rotatable bonds is 6. The predicted molar refractivity (Wildman–Crippen MR) is 137 cm³/mol. The number of anilines is 2. The van der Waals surface area contributed by atoms with E-state index in [4.69, 9.17) is 4.98 Å². The van der Waals surface area contributed by atoms with Crippen LogP contribution in [-0.4, -0.2) is 29.2 Å². The van der Waals surface area contributed by atoms with Crippen LogP contribution in [-0.2, 0) is 0 Å². The summed E-state index contributed by atoms with van der Waals surface area (Å²) in [6.07, 6.45) is 30.2. The molecule has 0 atom stereocenters. The van der Waals surface area contributed by atoms with Gasteiger partial charge < -0.3 is 9.80 Å². The minimum absolute atomic E-state index is 0.708. The van der Waals surface area contributed by atoms with E-state index >= 15 is 0 Å². The molecule has 4 saturated carbocycles. The van der Waals surface area contributed by atoms with Crippen molar-refractivity contribution in [1.82, 2.24) is 4.98 Å². The molecule has 0 spiro atoms. The van der Waals surface area contributed by atoms with Crippen molar-refractivity contribution in [2.45, 2.75) is 153 Å². The Kier molecular flexibility index (Phi) is 7.92. The van der Waals surface area contributed by atoms with Crippen LogP contribution in [0.5, 0.6) is 0 Å². The molecule has 4 aliphatic rings. The van der Waals surface area contributed by atoms with Gasteiger partial charge in [0.15, 0.2) is 5.82 Å². The second-order valence-corrected chi connectivity index (χ2v) is 11.3. The summed E-state index contributed by atoms with van der Waals surface area (Å²) in [7, 11) is 0. The van der Waals surface area contributed by atoms with Gasteiger partial charge in [0.2, 0.25) is 0 Å². The standard InChI is InChI=1S/C29H47N3/c1-5-14-24(15-6-1)31(25-16-7-2-8-17-25)28-22-13-23-30-29(28)32(26-18-9-3-10-19-26)27-20-11-4-12-21-27/h13,22-27H,1-12,14-21H2. The van der Waals surface area contributed by atoms with Crippen molar-refractivity contribution >= 4 is 11.5 Å². The first kappa shape index (κ1) is 22.5. The van der Waals surface area contributed by atoms with Crippen LogP contribution in [0.3, 0.4) is 0 Å². The predicted octanol–water partition coefficient (Wildman–Crippen LogP) is 8.03. The first-order chi connectivity index (χ1) is 15.9. The average molecular weight is 438 g/mol. The number of nitrogens with zero attached hydrogens (tertiary/aromatic N) is 3. The molecule has 0 aromatic carbocycles. The summed E-state index contributed by atoms with van der Waals surface area (Å²) in [4.78, 5) is 11.1. The molecule has 4 aliphatic carbocycles. The molecule has 0 aliphatic heterocycles. The van der Waals surface area contributed by atoms with E-state index in [1.165, 1.54) is 140 Å². The molecule has 32 heavy (non-hydrogen) atoms. The third kappa shape index (κ3) is 5.12. The Morgan fingerprint density at radius 1 is 0.500 bits per heavy atom. The molecule has 0 N–H and O–H groups in total. The Labute approximate surface area is 197 Å². The normalized spacial score (nSPS) is 25.0. The monoisotopic (exact) mass is 437 g/mol. The van der Waals surface area contributed by atoms with Gasteiger partial charge in [-0.2, -0.15) is 0 Å². The molecule has 1 aromatic rings. The highest BCUT2D eigenvalue weighted by molar-refractivity contribution is 5.69. The van der Waals surface area contributed by atoms with Gasteiger partial charge in [-0.25, -0.2) is 4.98 Å². The van der Waals surface area contributed by atoms with Gasteiger partial charge in [-0.05, 0) is 63.5 Å². The fourth-order valence-electron chi connectivity index (χ4n) is 7.56. The van der Waals surface area contributed by atoms with Crippen LogP contribution >= 0.6 is 0 Å². The highest BCUT2D eigenvalue weighted by atomic mass is 15.3. The lowest BCUT2D eigenvalue weighted by molar-refractivity contribution is 0.330. The topological polar surface area (TPSA) is 19.4 Å². The van der Waals surface area contributed by atoms with E-state index in [1.54, 1.807) is 0 Å². The second-order valence-electron chi connectivity index (χ2n) is 11.3. The summed E-state index contributed by atoms with van der Waals surface area (Å²) in [5.41, 5.74) is 1.50. The Hall–Kier alpha value is -1.25. The maximum absolute atomic E-state index is 5.22. The van der Waals surface area contributed by atoms with Crippen LogP contribution < -0.4 is 9.80 Å². The molecule has 0 unspecified atom stereocenters. The summed E-state index contributed by atoms with van der Waals surface area (Å²) in [5.74, 6) is 1.36. The van der Waals surface area contributed by atoms with Gasteiger partial charge in [0.1, 0.15) is 0 Å². The van der Waals surface area contributed by atoms with E-state index in [2.05, 4.69) is 28.1 Å². The van der Waals surface area contributed by atoms with Gasteiger partial charge in [-0.1, -0.05) is 77.0 Å². The molecule has 1 aromatic heterocycles. The second kappa shape index (κ2) is 11.3. The maximum Gasteiger partial charge on any atom is 0.152 e. The molecule has 178 valence electrons. The van der Waals surface area contributed by atoms with Crippen LogP contribution in [0, 0.1) is 0 Å². The van der Waals surface area contributed by atoms with Gasteiger partial charge >= 0.3 is 0 Å². The lowest BCUT2D eigenvalue weighted by Gasteiger charge is -2.47. The SMILES string of the molecule is c1cnc(N(C2CCCCC2)C2CCCCC2)c(N(C2CCCCC2)C2CCCCC2)c1. The van der Waals surface area contributed by atoms with Crippen LogP contribution in [0.15, 0.2) is 18.3 Å². The molecule has 4 fully saturated rings. The molecular weight excluding hydrogens is 390 g/mol. The minimum atomic E-state index is 0.708. The van der Waals surface area contributed by atoms with E-state index in [0.29, 0.717) is 12.1 Å². The zero-order chi connectivity index (χ0) is 21.6. The Bertz CT molecular complexity index is 584. The fourth-order valence-corrected chi connectivity index (χ4v) is 7.56. The van der Waals surface area contributed by atoms with E-state index in [1.807, 2.05) is 0 Å². The maximum atomic E-state index is 5.22. The summed E-state index contributed by atoms with van der Waals surface area (Å²) in [5, 5.41) is 0. The molecule has 0 bridgehead atoms. The van der Waals surface area contributed by atoms with E-state index in [-0.39, 0.29) is 0 Å². The van der Waals surface area contributed by atoms with E-state index < -0.39 is 0 Å². The molecule has 0 amide bonds. The van der Waals surface area contributed by atoms with Gasteiger partial charge in [0.05, 0.1) is 5.69 Å². The molecule has 3 nitrogen and oxygen atoms in total. The molecule has 3 heteroatoms. The van der Waals surface area contributed by atoms with Crippen molar-refractivity contribution < 1.29 is 0 Å². The Morgan fingerprint density at radius 3 is 1.28 bits per heavy atom. The average Bonchev–Trinajstić information content (AvgIpc) is 2.88. The van der Waals surface area contributed by atoms with Crippen molar-refractivity contribution in [3.05, 3.63) is 18.3 Å². The van der Waals surface area contributed by atoms with Crippen molar-refractivity contribution in [3.8, 4) is 0 Å². The number of aromatic nitrogens is 1. The molecule has 0 saturated heterocycles.